The molecule has 0 saturated carbocycles. The van der Waals surface area contributed by atoms with E-state index in [2.05, 4.69) is 30.9 Å². The van der Waals surface area contributed by atoms with Crippen molar-refractivity contribution in [1.82, 2.24) is 0 Å². The van der Waals surface area contributed by atoms with Crippen LogP contribution in [0.15, 0.2) is 23.8 Å². The average Bonchev–Trinajstić information content (AvgIpc) is 1.90. The molecule has 0 saturated heterocycles. The molecule has 1 rings (SSSR count). The van der Waals surface area contributed by atoms with Crippen LogP contribution in [0.3, 0.4) is 0 Å². The van der Waals surface area contributed by atoms with Gasteiger partial charge < -0.3 is 0 Å². The van der Waals surface area contributed by atoms with Gasteiger partial charge in [0, 0.05) is 5.75 Å². The molecule has 0 bridgehead atoms. The third kappa shape index (κ3) is 1.41. The van der Waals surface area contributed by atoms with Crippen molar-refractivity contribution in [2.75, 3.05) is 5.75 Å². The highest BCUT2D eigenvalue weighted by molar-refractivity contribution is 7.80. The Morgan fingerprint density at radius 1 is 1.62 bits per heavy atom. The lowest BCUT2D eigenvalue weighted by Crippen LogP contribution is -1.86. The molecule has 0 fully saturated rings. The second-order valence-corrected chi connectivity index (χ2v) is 2.27. The standard InChI is InChI=1S/C7H10S/c8-6-7-4-2-1-3-5-7/h1-2,4,8H,3,5-6H2. The smallest absolute Gasteiger partial charge is 0.0116 e. The van der Waals surface area contributed by atoms with Gasteiger partial charge >= 0.3 is 0 Å². The summed E-state index contributed by atoms with van der Waals surface area (Å²) in [5.41, 5.74) is 1.45. The normalized spacial score (nSPS) is 18.4. The Morgan fingerprint density at radius 2 is 2.50 bits per heavy atom. The van der Waals surface area contributed by atoms with Gasteiger partial charge in [-0.3, -0.25) is 0 Å². The maximum Gasteiger partial charge on any atom is 0.0116 e. The predicted octanol–water partition coefficient (Wildman–Crippen LogP) is 2.19. The monoisotopic (exact) mass is 126 g/mol. The number of rotatable bonds is 1. The lowest BCUT2D eigenvalue weighted by molar-refractivity contribution is 0.967. The molecule has 1 aliphatic rings. The van der Waals surface area contributed by atoms with E-state index < -0.39 is 0 Å². The third-order valence-corrected chi connectivity index (χ3v) is 1.71. The quantitative estimate of drug-likeness (QED) is 0.511. The Bertz CT molecular complexity index is 122. The minimum atomic E-state index is 0.921. The minimum Gasteiger partial charge on any atom is -0.175 e. The van der Waals surface area contributed by atoms with E-state index in [0.29, 0.717) is 0 Å². The van der Waals surface area contributed by atoms with E-state index in [1.54, 1.807) is 0 Å². The fourth-order valence-electron chi connectivity index (χ4n) is 0.784. The van der Waals surface area contributed by atoms with Gasteiger partial charge in [-0.2, -0.15) is 12.6 Å². The molecule has 1 heteroatoms. The van der Waals surface area contributed by atoms with Crippen LogP contribution in [0.2, 0.25) is 0 Å². The van der Waals surface area contributed by atoms with E-state index >= 15 is 0 Å². The molecule has 0 nitrogen and oxygen atoms in total. The van der Waals surface area contributed by atoms with E-state index in [4.69, 9.17) is 0 Å². The zero-order valence-electron chi connectivity index (χ0n) is 4.80. The second-order valence-electron chi connectivity index (χ2n) is 1.95. The van der Waals surface area contributed by atoms with Gasteiger partial charge in [0.1, 0.15) is 0 Å². The molecule has 0 amide bonds. The maximum atomic E-state index is 4.16. The summed E-state index contributed by atoms with van der Waals surface area (Å²) in [6.07, 6.45) is 8.85. The molecule has 0 aliphatic heterocycles. The third-order valence-electron chi connectivity index (χ3n) is 1.30. The van der Waals surface area contributed by atoms with Crippen molar-refractivity contribution in [1.29, 1.82) is 0 Å². The molecule has 44 valence electrons. The van der Waals surface area contributed by atoms with Gasteiger partial charge in [-0.1, -0.05) is 23.8 Å². The molecule has 0 aromatic heterocycles. The first-order chi connectivity index (χ1) is 3.93. The summed E-state index contributed by atoms with van der Waals surface area (Å²) in [6.45, 7) is 0. The topological polar surface area (TPSA) is 0 Å². The molecule has 0 unspecified atom stereocenters. The number of hydrogen-bond donors (Lipinski definition) is 1. The van der Waals surface area contributed by atoms with E-state index in [1.165, 1.54) is 18.4 Å². The van der Waals surface area contributed by atoms with Gasteiger partial charge in [0.25, 0.3) is 0 Å². The number of hydrogen-bond acceptors (Lipinski definition) is 1. The van der Waals surface area contributed by atoms with Crippen molar-refractivity contribution in [3.8, 4) is 0 Å². The summed E-state index contributed by atoms with van der Waals surface area (Å²) in [7, 11) is 0. The molecular weight excluding hydrogens is 116 g/mol. The fourth-order valence-corrected chi connectivity index (χ4v) is 1.05. The van der Waals surface area contributed by atoms with Crippen molar-refractivity contribution in [3.63, 3.8) is 0 Å². The van der Waals surface area contributed by atoms with Crippen LogP contribution < -0.4 is 0 Å². The Kier molecular flexibility index (Phi) is 2.22. The van der Waals surface area contributed by atoms with E-state index in [0.717, 1.165) is 5.75 Å². The Morgan fingerprint density at radius 3 is 2.88 bits per heavy atom. The Labute approximate surface area is 55.7 Å². The first-order valence-electron chi connectivity index (χ1n) is 2.89. The summed E-state index contributed by atoms with van der Waals surface area (Å²) in [6, 6.07) is 0. The molecule has 0 heterocycles. The minimum absolute atomic E-state index is 0.921. The molecule has 0 atom stereocenters. The lowest BCUT2D eigenvalue weighted by Gasteiger charge is -2.02. The first kappa shape index (κ1) is 5.96. The van der Waals surface area contributed by atoms with Crippen LogP contribution >= 0.6 is 12.6 Å². The Balaban J connectivity index is 2.50. The maximum absolute atomic E-state index is 4.16. The van der Waals surface area contributed by atoms with Gasteiger partial charge in [-0.05, 0) is 12.8 Å². The first-order valence-corrected chi connectivity index (χ1v) is 3.52. The van der Waals surface area contributed by atoms with Crippen molar-refractivity contribution >= 4 is 12.6 Å². The highest BCUT2D eigenvalue weighted by Crippen LogP contribution is 2.11. The van der Waals surface area contributed by atoms with Gasteiger partial charge in [0.15, 0.2) is 0 Å². The lowest BCUT2D eigenvalue weighted by atomic mass is 10.1. The zero-order valence-corrected chi connectivity index (χ0v) is 5.70. The summed E-state index contributed by atoms with van der Waals surface area (Å²) in [5, 5.41) is 0. The number of allylic oxidation sites excluding steroid dienone is 3. The van der Waals surface area contributed by atoms with E-state index in [1.807, 2.05) is 0 Å². The van der Waals surface area contributed by atoms with Crippen LogP contribution in [-0.2, 0) is 0 Å². The SMILES string of the molecule is SCC1=CC=CCC1. The molecule has 0 spiro atoms. The Hall–Kier alpha value is -0.170. The van der Waals surface area contributed by atoms with Gasteiger partial charge in [0.05, 0.1) is 0 Å². The van der Waals surface area contributed by atoms with Crippen LogP contribution in [0.1, 0.15) is 12.8 Å². The molecule has 0 N–H and O–H groups in total. The van der Waals surface area contributed by atoms with Crippen LogP contribution in [0.5, 0.6) is 0 Å². The van der Waals surface area contributed by atoms with Crippen molar-refractivity contribution in [2.45, 2.75) is 12.8 Å². The molecule has 8 heavy (non-hydrogen) atoms. The molecule has 1 aliphatic carbocycles. The average molecular weight is 126 g/mol. The van der Waals surface area contributed by atoms with Crippen LogP contribution in [0, 0.1) is 0 Å². The summed E-state index contributed by atoms with van der Waals surface area (Å²) >= 11 is 4.16. The molecular formula is C7H10S. The molecule has 0 aromatic carbocycles. The van der Waals surface area contributed by atoms with E-state index in [9.17, 15) is 0 Å². The van der Waals surface area contributed by atoms with E-state index in [-0.39, 0.29) is 0 Å². The zero-order chi connectivity index (χ0) is 5.82. The van der Waals surface area contributed by atoms with Crippen molar-refractivity contribution in [3.05, 3.63) is 23.8 Å². The fraction of sp³-hybridized carbons (Fsp3) is 0.429. The highest BCUT2D eigenvalue weighted by atomic mass is 32.1. The molecule has 0 radical (unpaired) electrons. The van der Waals surface area contributed by atoms with Crippen LogP contribution in [0.4, 0.5) is 0 Å². The predicted molar refractivity (Wildman–Crippen MR) is 40.3 cm³/mol. The summed E-state index contributed by atoms with van der Waals surface area (Å²) in [4.78, 5) is 0. The van der Waals surface area contributed by atoms with Crippen LogP contribution in [0.25, 0.3) is 0 Å². The van der Waals surface area contributed by atoms with Crippen molar-refractivity contribution < 1.29 is 0 Å². The number of thiol groups is 1. The second kappa shape index (κ2) is 2.98. The largest absolute Gasteiger partial charge is 0.175 e. The summed E-state index contributed by atoms with van der Waals surface area (Å²) in [5.74, 6) is 0.921. The highest BCUT2D eigenvalue weighted by Gasteiger charge is 1.93. The molecule has 0 aromatic rings. The van der Waals surface area contributed by atoms with Crippen LogP contribution in [-0.4, -0.2) is 5.75 Å². The van der Waals surface area contributed by atoms with Gasteiger partial charge in [-0.15, -0.1) is 0 Å². The van der Waals surface area contributed by atoms with Gasteiger partial charge in [-0.25, -0.2) is 0 Å². The van der Waals surface area contributed by atoms with Gasteiger partial charge in [0.2, 0.25) is 0 Å². The summed E-state index contributed by atoms with van der Waals surface area (Å²) < 4.78 is 0. The van der Waals surface area contributed by atoms with Crippen molar-refractivity contribution in [2.24, 2.45) is 0 Å².